The molecule has 0 radical (unpaired) electrons. The third-order valence-electron chi connectivity index (χ3n) is 9.30. The monoisotopic (exact) mass is 672 g/mol. The molecule has 0 fully saturated rings. The molecule has 1 aliphatic heterocycles. The standard InChI is InChI=1S/C45H28N4OS/c1-3-13-29(14-4-1)43-46-44(30-15-5-2-6-16-30)48-45(47-43)33-18-11-17-31(27-33)32-25-26-34-35-19-12-22-38(42(35)50-39(34)28-32)49-36-20-7-9-23-40(36)51-41-24-10-8-21-37(41)49/h1-28H. The topological polar surface area (TPSA) is 55.1 Å². The van der Waals surface area contributed by atoms with Gasteiger partial charge in [0, 0.05) is 37.3 Å². The number of nitrogens with zero attached hydrogens (tertiary/aromatic N) is 4. The summed E-state index contributed by atoms with van der Waals surface area (Å²) >= 11 is 1.80. The van der Waals surface area contributed by atoms with Gasteiger partial charge in [0.2, 0.25) is 0 Å². The molecule has 51 heavy (non-hydrogen) atoms. The summed E-state index contributed by atoms with van der Waals surface area (Å²) in [5, 5.41) is 2.17. The van der Waals surface area contributed by atoms with Gasteiger partial charge in [-0.05, 0) is 59.7 Å². The number of fused-ring (bicyclic) bond motifs is 5. The fourth-order valence-electron chi connectivity index (χ4n) is 6.88. The van der Waals surface area contributed by atoms with Gasteiger partial charge in [-0.3, -0.25) is 0 Å². The first-order valence-electron chi connectivity index (χ1n) is 16.9. The molecule has 9 aromatic rings. The second kappa shape index (κ2) is 12.1. The zero-order valence-corrected chi connectivity index (χ0v) is 28.1. The van der Waals surface area contributed by atoms with Crippen molar-refractivity contribution in [2.75, 3.05) is 4.90 Å². The number of anilines is 3. The van der Waals surface area contributed by atoms with Crippen LogP contribution >= 0.6 is 11.8 Å². The fourth-order valence-corrected chi connectivity index (χ4v) is 7.94. The minimum absolute atomic E-state index is 0.624. The van der Waals surface area contributed by atoms with Crippen molar-refractivity contribution < 1.29 is 4.42 Å². The highest BCUT2D eigenvalue weighted by Gasteiger charge is 2.27. The molecule has 7 aromatic carbocycles. The lowest BCUT2D eigenvalue weighted by Crippen LogP contribution is -2.14. The van der Waals surface area contributed by atoms with Gasteiger partial charge in [0.15, 0.2) is 23.1 Å². The van der Waals surface area contributed by atoms with Gasteiger partial charge < -0.3 is 9.32 Å². The molecular formula is C45H28N4OS. The highest BCUT2D eigenvalue weighted by Crippen LogP contribution is 2.53. The van der Waals surface area contributed by atoms with E-state index in [0.29, 0.717) is 17.5 Å². The maximum Gasteiger partial charge on any atom is 0.164 e. The second-order valence-corrected chi connectivity index (χ2v) is 13.5. The van der Waals surface area contributed by atoms with E-state index < -0.39 is 0 Å². The van der Waals surface area contributed by atoms with Crippen LogP contribution in [0.15, 0.2) is 184 Å². The van der Waals surface area contributed by atoms with E-state index in [4.69, 9.17) is 19.4 Å². The Balaban J connectivity index is 1.08. The molecule has 0 N–H and O–H groups in total. The number of aromatic nitrogens is 3. The third-order valence-corrected chi connectivity index (χ3v) is 10.4. The van der Waals surface area contributed by atoms with Gasteiger partial charge in [-0.25, -0.2) is 15.0 Å². The number of hydrogen-bond acceptors (Lipinski definition) is 6. The summed E-state index contributed by atoms with van der Waals surface area (Å²) in [6.45, 7) is 0. The van der Waals surface area contributed by atoms with E-state index in [2.05, 4.69) is 114 Å². The zero-order chi connectivity index (χ0) is 33.7. The van der Waals surface area contributed by atoms with Crippen LogP contribution in [0.3, 0.4) is 0 Å². The van der Waals surface area contributed by atoms with Gasteiger partial charge in [0.1, 0.15) is 5.58 Å². The lowest BCUT2D eigenvalue weighted by atomic mass is 10.0. The highest BCUT2D eigenvalue weighted by atomic mass is 32.2. The molecule has 0 unspecified atom stereocenters. The molecule has 0 saturated heterocycles. The summed E-state index contributed by atoms with van der Waals surface area (Å²) in [5.74, 6) is 1.91. The Labute approximate surface area is 298 Å². The Kier molecular flexibility index (Phi) is 6.99. The molecule has 0 amide bonds. The normalized spacial score (nSPS) is 12.2. The van der Waals surface area contributed by atoms with Crippen LogP contribution in [0.1, 0.15) is 0 Å². The van der Waals surface area contributed by atoms with Crippen LogP contribution in [0.2, 0.25) is 0 Å². The van der Waals surface area contributed by atoms with Gasteiger partial charge in [0.05, 0.1) is 17.1 Å². The SMILES string of the molecule is c1ccc(-c2nc(-c3ccccc3)nc(-c3cccc(-c4ccc5c(c4)oc4c(N6c7ccccc7Sc7ccccc76)cccc45)c3)n2)cc1. The molecule has 1 aliphatic rings. The molecule has 6 heteroatoms. The fraction of sp³-hybridized carbons (Fsp3) is 0. The maximum absolute atomic E-state index is 6.79. The summed E-state index contributed by atoms with van der Waals surface area (Å²) in [6, 6.07) is 58.5. The van der Waals surface area contributed by atoms with Crippen LogP contribution in [-0.2, 0) is 0 Å². The Bertz CT molecular complexity index is 2640. The minimum atomic E-state index is 0.624. The average molecular weight is 673 g/mol. The number of furan rings is 1. The molecule has 0 atom stereocenters. The Morgan fingerprint density at radius 1 is 0.392 bits per heavy atom. The predicted octanol–water partition coefficient (Wildman–Crippen LogP) is 12.4. The summed E-state index contributed by atoms with van der Waals surface area (Å²) in [4.78, 5) is 19.5. The van der Waals surface area contributed by atoms with Crippen LogP contribution in [-0.4, -0.2) is 15.0 Å². The van der Waals surface area contributed by atoms with E-state index in [1.807, 2.05) is 60.7 Å². The van der Waals surface area contributed by atoms with Crippen LogP contribution in [0, 0.1) is 0 Å². The lowest BCUT2D eigenvalue weighted by Gasteiger charge is -2.32. The van der Waals surface area contributed by atoms with E-state index >= 15 is 0 Å². The quantitative estimate of drug-likeness (QED) is 0.181. The predicted molar refractivity (Wildman–Crippen MR) is 208 cm³/mol. The molecule has 0 aliphatic carbocycles. The van der Waals surface area contributed by atoms with Gasteiger partial charge in [-0.15, -0.1) is 0 Å². The summed E-state index contributed by atoms with van der Waals surface area (Å²) in [7, 11) is 0. The van der Waals surface area contributed by atoms with E-state index in [-0.39, 0.29) is 0 Å². The minimum Gasteiger partial charge on any atom is -0.454 e. The lowest BCUT2D eigenvalue weighted by molar-refractivity contribution is 0.669. The molecule has 0 spiro atoms. The van der Waals surface area contributed by atoms with Crippen molar-refractivity contribution in [2.24, 2.45) is 0 Å². The van der Waals surface area contributed by atoms with Gasteiger partial charge >= 0.3 is 0 Å². The average Bonchev–Trinajstić information content (AvgIpc) is 3.59. The first-order valence-corrected chi connectivity index (χ1v) is 17.7. The Morgan fingerprint density at radius 2 is 0.902 bits per heavy atom. The van der Waals surface area contributed by atoms with E-state index in [1.165, 1.54) is 9.79 Å². The molecule has 240 valence electrons. The Hall–Kier alpha value is -6.50. The first kappa shape index (κ1) is 29.4. The smallest absolute Gasteiger partial charge is 0.164 e. The van der Waals surface area contributed by atoms with Gasteiger partial charge in [-0.2, -0.15) is 0 Å². The van der Waals surface area contributed by atoms with Crippen LogP contribution < -0.4 is 4.90 Å². The van der Waals surface area contributed by atoms with Gasteiger partial charge in [0.25, 0.3) is 0 Å². The molecular weight excluding hydrogens is 645 g/mol. The van der Waals surface area contributed by atoms with Crippen molar-refractivity contribution in [3.05, 3.63) is 170 Å². The Morgan fingerprint density at radius 3 is 1.57 bits per heavy atom. The molecule has 3 heterocycles. The highest BCUT2D eigenvalue weighted by molar-refractivity contribution is 7.99. The zero-order valence-electron chi connectivity index (χ0n) is 27.3. The maximum atomic E-state index is 6.79. The summed E-state index contributed by atoms with van der Waals surface area (Å²) in [5.41, 5.74) is 9.92. The van der Waals surface area contributed by atoms with E-state index in [9.17, 15) is 0 Å². The third kappa shape index (κ3) is 5.16. The van der Waals surface area contributed by atoms with Crippen LogP contribution in [0.5, 0.6) is 0 Å². The van der Waals surface area contributed by atoms with Gasteiger partial charge in [-0.1, -0.05) is 133 Å². The molecule has 0 bridgehead atoms. The molecule has 10 rings (SSSR count). The largest absolute Gasteiger partial charge is 0.454 e. The number of rotatable bonds is 5. The summed E-state index contributed by atoms with van der Waals surface area (Å²) in [6.07, 6.45) is 0. The summed E-state index contributed by atoms with van der Waals surface area (Å²) < 4.78 is 6.79. The van der Waals surface area contributed by atoms with E-state index in [1.54, 1.807) is 11.8 Å². The van der Waals surface area contributed by atoms with Crippen molar-refractivity contribution in [3.63, 3.8) is 0 Å². The van der Waals surface area contributed by atoms with Crippen molar-refractivity contribution in [1.29, 1.82) is 0 Å². The van der Waals surface area contributed by atoms with Crippen molar-refractivity contribution in [2.45, 2.75) is 9.79 Å². The van der Waals surface area contributed by atoms with Crippen molar-refractivity contribution in [3.8, 4) is 45.3 Å². The van der Waals surface area contributed by atoms with Crippen LogP contribution in [0.25, 0.3) is 67.2 Å². The first-order chi connectivity index (χ1) is 25.3. The number of benzene rings is 7. The van der Waals surface area contributed by atoms with Crippen LogP contribution in [0.4, 0.5) is 17.1 Å². The molecule has 0 saturated carbocycles. The van der Waals surface area contributed by atoms with Crippen molar-refractivity contribution in [1.82, 2.24) is 15.0 Å². The molecule has 5 nitrogen and oxygen atoms in total. The van der Waals surface area contributed by atoms with E-state index in [0.717, 1.165) is 66.8 Å². The number of para-hydroxylation sites is 3. The number of hydrogen-bond donors (Lipinski definition) is 0. The molecule has 2 aromatic heterocycles. The van der Waals surface area contributed by atoms with Crippen molar-refractivity contribution >= 4 is 50.8 Å². The second-order valence-electron chi connectivity index (χ2n) is 12.5.